The molecule has 0 unspecified atom stereocenters. The summed E-state index contributed by atoms with van der Waals surface area (Å²) in [6.45, 7) is 5.54. The van der Waals surface area contributed by atoms with E-state index in [4.69, 9.17) is 9.47 Å². The largest absolute Gasteiger partial charge is 0.504 e. The number of morpholine rings is 1. The molecule has 5 heteroatoms. The first-order valence-electron chi connectivity index (χ1n) is 9.06. The highest BCUT2D eigenvalue weighted by atomic mass is 16.5. The quantitative estimate of drug-likeness (QED) is 0.626. The van der Waals surface area contributed by atoms with Crippen LogP contribution in [0.25, 0.3) is 6.08 Å². The summed E-state index contributed by atoms with van der Waals surface area (Å²) in [7, 11) is 1.53. The first-order chi connectivity index (χ1) is 13.1. The fraction of sp³-hybridized carbons (Fsp3) is 0.318. The molecule has 2 aromatic carbocycles. The van der Waals surface area contributed by atoms with Gasteiger partial charge < -0.3 is 14.6 Å². The first kappa shape index (κ1) is 19.1. The number of nitrogens with zero attached hydrogens (tertiary/aromatic N) is 1. The molecule has 0 saturated carbocycles. The van der Waals surface area contributed by atoms with Gasteiger partial charge >= 0.3 is 0 Å². The number of carbonyl (C=O) groups is 1. The molecule has 1 heterocycles. The lowest BCUT2D eigenvalue weighted by Crippen LogP contribution is -2.35. The van der Waals surface area contributed by atoms with Crippen molar-refractivity contribution < 1.29 is 19.4 Å². The first-order valence-corrected chi connectivity index (χ1v) is 9.06. The van der Waals surface area contributed by atoms with Crippen LogP contribution in [0, 0.1) is 6.92 Å². The predicted octanol–water partition coefficient (Wildman–Crippen LogP) is 3.44. The standard InChI is InChI=1S/C22H25NO4/c1-16-3-5-18(6-4-16)20(24)9-7-17-8-10-21(26-2)22(25)19(17)15-23-11-13-27-14-12-23/h3-10,25H,11-15H2,1-2H3/b9-7+. The number of aryl methyl sites for hydroxylation is 1. The molecule has 3 rings (SSSR count). The number of phenolic OH excluding ortho intramolecular Hbond substituents is 1. The van der Waals surface area contributed by atoms with Crippen molar-refractivity contribution in [1.82, 2.24) is 4.90 Å². The molecule has 0 amide bonds. The number of ketones is 1. The average molecular weight is 367 g/mol. The van der Waals surface area contributed by atoms with Gasteiger partial charge in [-0.05, 0) is 24.6 Å². The third-order valence-electron chi connectivity index (χ3n) is 4.74. The summed E-state index contributed by atoms with van der Waals surface area (Å²) in [5, 5.41) is 10.6. The van der Waals surface area contributed by atoms with E-state index in [1.54, 1.807) is 18.2 Å². The third kappa shape index (κ3) is 4.76. The van der Waals surface area contributed by atoms with E-state index in [1.165, 1.54) is 7.11 Å². The number of hydrogen-bond donors (Lipinski definition) is 1. The number of methoxy groups -OCH3 is 1. The number of ether oxygens (including phenoxy) is 2. The van der Waals surface area contributed by atoms with Crippen LogP contribution in [0.15, 0.2) is 42.5 Å². The lowest BCUT2D eigenvalue weighted by atomic mass is 10.0. The average Bonchev–Trinajstić information content (AvgIpc) is 2.69. The minimum absolute atomic E-state index is 0.0670. The van der Waals surface area contributed by atoms with Crippen LogP contribution in [-0.4, -0.2) is 49.2 Å². The Balaban J connectivity index is 1.85. The van der Waals surface area contributed by atoms with Gasteiger partial charge in [0.25, 0.3) is 0 Å². The maximum absolute atomic E-state index is 12.4. The van der Waals surface area contributed by atoms with Crippen molar-refractivity contribution >= 4 is 11.9 Å². The molecular weight excluding hydrogens is 342 g/mol. The zero-order valence-electron chi connectivity index (χ0n) is 15.8. The van der Waals surface area contributed by atoms with E-state index in [1.807, 2.05) is 37.3 Å². The molecular formula is C22H25NO4. The highest BCUT2D eigenvalue weighted by Gasteiger charge is 2.17. The number of phenols is 1. The van der Waals surface area contributed by atoms with Crippen molar-refractivity contribution in [3.8, 4) is 11.5 Å². The van der Waals surface area contributed by atoms with Gasteiger partial charge in [0.1, 0.15) is 0 Å². The van der Waals surface area contributed by atoms with Crippen molar-refractivity contribution in [2.45, 2.75) is 13.5 Å². The van der Waals surface area contributed by atoms with E-state index in [0.717, 1.165) is 29.8 Å². The molecule has 1 fully saturated rings. The number of benzene rings is 2. The van der Waals surface area contributed by atoms with Gasteiger partial charge in [0, 0.05) is 30.8 Å². The van der Waals surface area contributed by atoms with Crippen molar-refractivity contribution in [2.75, 3.05) is 33.4 Å². The maximum Gasteiger partial charge on any atom is 0.185 e. The molecule has 2 aromatic rings. The monoisotopic (exact) mass is 367 g/mol. The van der Waals surface area contributed by atoms with Crippen LogP contribution >= 0.6 is 0 Å². The topological polar surface area (TPSA) is 59.0 Å². The molecule has 0 atom stereocenters. The van der Waals surface area contributed by atoms with Crippen LogP contribution < -0.4 is 4.74 Å². The molecule has 0 radical (unpaired) electrons. The number of aromatic hydroxyl groups is 1. The molecule has 0 aromatic heterocycles. The van der Waals surface area contributed by atoms with Crippen molar-refractivity contribution in [3.05, 3.63) is 64.7 Å². The number of hydrogen-bond acceptors (Lipinski definition) is 5. The van der Waals surface area contributed by atoms with E-state index in [0.29, 0.717) is 31.1 Å². The van der Waals surface area contributed by atoms with E-state index < -0.39 is 0 Å². The Hall–Kier alpha value is -2.63. The van der Waals surface area contributed by atoms with E-state index >= 15 is 0 Å². The van der Waals surface area contributed by atoms with Gasteiger partial charge in [-0.1, -0.05) is 42.0 Å². The Morgan fingerprint density at radius 2 is 1.89 bits per heavy atom. The molecule has 5 nitrogen and oxygen atoms in total. The summed E-state index contributed by atoms with van der Waals surface area (Å²) in [5.41, 5.74) is 3.32. The van der Waals surface area contributed by atoms with Gasteiger partial charge in [0.05, 0.1) is 20.3 Å². The van der Waals surface area contributed by atoms with Gasteiger partial charge in [-0.3, -0.25) is 9.69 Å². The second kappa shape index (κ2) is 8.84. The smallest absolute Gasteiger partial charge is 0.185 e. The van der Waals surface area contributed by atoms with E-state index in [9.17, 15) is 9.90 Å². The molecule has 27 heavy (non-hydrogen) atoms. The maximum atomic E-state index is 12.4. The third-order valence-corrected chi connectivity index (χ3v) is 4.74. The van der Waals surface area contributed by atoms with Gasteiger partial charge in [-0.2, -0.15) is 0 Å². The Morgan fingerprint density at radius 1 is 1.19 bits per heavy atom. The Labute approximate surface area is 159 Å². The zero-order valence-corrected chi connectivity index (χ0v) is 15.8. The normalized spacial score (nSPS) is 15.2. The van der Waals surface area contributed by atoms with Crippen molar-refractivity contribution in [1.29, 1.82) is 0 Å². The molecule has 0 bridgehead atoms. The summed E-state index contributed by atoms with van der Waals surface area (Å²) in [4.78, 5) is 14.7. The van der Waals surface area contributed by atoms with Gasteiger partial charge in [0.15, 0.2) is 17.3 Å². The van der Waals surface area contributed by atoms with Gasteiger partial charge in [-0.15, -0.1) is 0 Å². The minimum atomic E-state index is -0.0670. The highest BCUT2D eigenvalue weighted by molar-refractivity contribution is 6.06. The van der Waals surface area contributed by atoms with Gasteiger partial charge in [-0.25, -0.2) is 0 Å². The van der Waals surface area contributed by atoms with Gasteiger partial charge in [0.2, 0.25) is 0 Å². The molecule has 1 aliphatic rings. The Kier molecular flexibility index (Phi) is 6.27. The predicted molar refractivity (Wildman–Crippen MR) is 105 cm³/mol. The number of carbonyl (C=O) groups excluding carboxylic acids is 1. The Morgan fingerprint density at radius 3 is 2.56 bits per heavy atom. The summed E-state index contributed by atoms with van der Waals surface area (Å²) in [5.74, 6) is 0.483. The van der Waals surface area contributed by atoms with Crippen molar-refractivity contribution in [2.24, 2.45) is 0 Å². The molecule has 1 N–H and O–H groups in total. The molecule has 0 spiro atoms. The van der Waals surface area contributed by atoms with E-state index in [-0.39, 0.29) is 11.5 Å². The lowest BCUT2D eigenvalue weighted by molar-refractivity contribution is 0.0338. The fourth-order valence-electron chi connectivity index (χ4n) is 3.08. The number of allylic oxidation sites excluding steroid dienone is 1. The van der Waals surface area contributed by atoms with E-state index in [2.05, 4.69) is 4.90 Å². The van der Waals surface area contributed by atoms with Crippen LogP contribution in [0.2, 0.25) is 0 Å². The summed E-state index contributed by atoms with van der Waals surface area (Å²) in [6, 6.07) is 11.1. The molecule has 142 valence electrons. The molecule has 1 aliphatic heterocycles. The van der Waals surface area contributed by atoms with Crippen LogP contribution in [-0.2, 0) is 11.3 Å². The van der Waals surface area contributed by atoms with Crippen LogP contribution in [0.4, 0.5) is 0 Å². The second-order valence-electron chi connectivity index (χ2n) is 6.64. The SMILES string of the molecule is COc1ccc(/C=C/C(=O)c2ccc(C)cc2)c(CN2CCOCC2)c1O. The molecule has 0 aliphatic carbocycles. The summed E-state index contributed by atoms with van der Waals surface area (Å²) >= 11 is 0. The van der Waals surface area contributed by atoms with Crippen LogP contribution in [0.5, 0.6) is 11.5 Å². The summed E-state index contributed by atoms with van der Waals surface area (Å²) in [6.07, 6.45) is 3.31. The van der Waals surface area contributed by atoms with Crippen LogP contribution in [0.3, 0.4) is 0 Å². The van der Waals surface area contributed by atoms with Crippen molar-refractivity contribution in [3.63, 3.8) is 0 Å². The highest BCUT2D eigenvalue weighted by Crippen LogP contribution is 2.34. The minimum Gasteiger partial charge on any atom is -0.504 e. The Bertz CT molecular complexity index is 821. The number of rotatable bonds is 6. The van der Waals surface area contributed by atoms with Crippen LogP contribution in [0.1, 0.15) is 27.0 Å². The lowest BCUT2D eigenvalue weighted by Gasteiger charge is -2.27. The fourth-order valence-corrected chi connectivity index (χ4v) is 3.08. The molecule has 1 saturated heterocycles. The summed E-state index contributed by atoms with van der Waals surface area (Å²) < 4.78 is 10.6. The second-order valence-corrected chi connectivity index (χ2v) is 6.64. The zero-order chi connectivity index (χ0) is 19.2.